The molecule has 21 heavy (non-hydrogen) atoms. The van der Waals surface area contributed by atoms with E-state index in [1.807, 2.05) is 24.3 Å². The van der Waals surface area contributed by atoms with Crippen LogP contribution in [0.15, 0.2) is 48.5 Å². The van der Waals surface area contributed by atoms with E-state index < -0.39 is 0 Å². The van der Waals surface area contributed by atoms with E-state index in [9.17, 15) is 4.39 Å². The van der Waals surface area contributed by atoms with Crippen molar-refractivity contribution in [2.75, 3.05) is 0 Å². The zero-order valence-corrected chi connectivity index (χ0v) is 12.1. The number of benzene rings is 2. The number of rotatable bonds is 6. The first-order valence-electron chi connectivity index (χ1n) is 7.15. The van der Waals surface area contributed by atoms with Gasteiger partial charge in [0.2, 0.25) is 0 Å². The van der Waals surface area contributed by atoms with E-state index in [0.717, 1.165) is 12.8 Å². The molecule has 0 amide bonds. The smallest absolute Gasteiger partial charge is 0.129 e. The first-order valence-corrected chi connectivity index (χ1v) is 7.15. The fourth-order valence-corrected chi connectivity index (χ4v) is 2.17. The lowest BCUT2D eigenvalue weighted by atomic mass is 10.1. The molecule has 108 valence electrons. The fraction of sp³-hybridized carbons (Fsp3) is 0.278. The molecule has 0 aliphatic heterocycles. The summed E-state index contributed by atoms with van der Waals surface area (Å²) >= 11 is 0. The quantitative estimate of drug-likeness (QED) is 0.874. The predicted molar refractivity (Wildman–Crippen MR) is 82.2 cm³/mol. The van der Waals surface area contributed by atoms with Crippen molar-refractivity contribution < 1.29 is 4.39 Å². The third kappa shape index (κ3) is 4.70. The van der Waals surface area contributed by atoms with Gasteiger partial charge in [-0.3, -0.25) is 0 Å². The number of halogens is 1. The Bertz CT molecular complexity index is 617. The number of nitrogens with zero attached hydrogens (tertiary/aromatic N) is 1. The van der Waals surface area contributed by atoms with E-state index >= 15 is 0 Å². The summed E-state index contributed by atoms with van der Waals surface area (Å²) in [7, 11) is 0. The monoisotopic (exact) mass is 282 g/mol. The van der Waals surface area contributed by atoms with Crippen LogP contribution >= 0.6 is 0 Å². The van der Waals surface area contributed by atoms with E-state index in [0.29, 0.717) is 23.7 Å². The molecule has 0 heterocycles. The third-order valence-corrected chi connectivity index (χ3v) is 3.53. The fourth-order valence-electron chi connectivity index (χ4n) is 2.17. The molecule has 0 saturated carbocycles. The maximum Gasteiger partial charge on any atom is 0.129 e. The van der Waals surface area contributed by atoms with Gasteiger partial charge in [-0.15, -0.1) is 0 Å². The summed E-state index contributed by atoms with van der Waals surface area (Å²) in [5.41, 5.74) is 2.27. The lowest BCUT2D eigenvalue weighted by Crippen LogP contribution is -2.26. The van der Waals surface area contributed by atoms with Crippen molar-refractivity contribution in [1.82, 2.24) is 5.32 Å². The summed E-state index contributed by atoms with van der Waals surface area (Å²) in [6.45, 7) is 2.58. The molecule has 3 heteroatoms. The van der Waals surface area contributed by atoms with Gasteiger partial charge in [0.1, 0.15) is 5.82 Å². The average molecular weight is 282 g/mol. The Kier molecular flexibility index (Phi) is 5.48. The van der Waals surface area contributed by atoms with Crippen molar-refractivity contribution in [2.24, 2.45) is 0 Å². The van der Waals surface area contributed by atoms with Crippen molar-refractivity contribution >= 4 is 0 Å². The Morgan fingerprint density at radius 1 is 1.19 bits per heavy atom. The van der Waals surface area contributed by atoms with Crippen LogP contribution in [0.1, 0.15) is 30.0 Å². The number of nitriles is 1. The molecule has 1 unspecified atom stereocenters. The van der Waals surface area contributed by atoms with Crippen molar-refractivity contribution in [3.8, 4) is 6.07 Å². The van der Waals surface area contributed by atoms with Gasteiger partial charge < -0.3 is 5.32 Å². The highest BCUT2D eigenvalue weighted by molar-refractivity contribution is 5.32. The summed E-state index contributed by atoms with van der Waals surface area (Å²) < 4.78 is 13.7. The maximum atomic E-state index is 13.7. The minimum atomic E-state index is -0.322. The SMILES string of the molecule is CC(CCc1ccccc1)NCc1ccc(C#N)cc1F. The Labute approximate surface area is 125 Å². The summed E-state index contributed by atoms with van der Waals surface area (Å²) in [5, 5.41) is 12.0. The molecule has 0 fully saturated rings. The van der Waals surface area contributed by atoms with E-state index in [4.69, 9.17) is 5.26 Å². The van der Waals surface area contributed by atoms with Crippen molar-refractivity contribution in [1.29, 1.82) is 5.26 Å². The molecular formula is C18H19FN2. The topological polar surface area (TPSA) is 35.8 Å². The molecule has 2 aromatic rings. The molecule has 2 rings (SSSR count). The van der Waals surface area contributed by atoms with Gasteiger partial charge in [-0.25, -0.2) is 4.39 Å². The zero-order chi connectivity index (χ0) is 15.1. The lowest BCUT2D eigenvalue weighted by molar-refractivity contribution is 0.501. The summed E-state index contributed by atoms with van der Waals surface area (Å²) in [6, 6.07) is 17.2. The van der Waals surface area contributed by atoms with Crippen LogP contribution in [0.25, 0.3) is 0 Å². The molecule has 1 N–H and O–H groups in total. The van der Waals surface area contributed by atoms with Crippen LogP contribution in [-0.4, -0.2) is 6.04 Å². The van der Waals surface area contributed by atoms with Crippen molar-refractivity contribution in [3.63, 3.8) is 0 Å². The Morgan fingerprint density at radius 3 is 2.62 bits per heavy atom. The molecule has 2 aromatic carbocycles. The highest BCUT2D eigenvalue weighted by atomic mass is 19.1. The van der Waals surface area contributed by atoms with Gasteiger partial charge in [-0.1, -0.05) is 36.4 Å². The first-order chi connectivity index (χ1) is 10.2. The Morgan fingerprint density at radius 2 is 1.95 bits per heavy atom. The van der Waals surface area contributed by atoms with Crippen molar-refractivity contribution in [3.05, 3.63) is 71.0 Å². The van der Waals surface area contributed by atoms with Gasteiger partial charge in [-0.05, 0) is 37.5 Å². The second-order valence-corrected chi connectivity index (χ2v) is 5.22. The normalized spacial score (nSPS) is 11.9. The van der Waals surface area contributed by atoms with E-state index in [-0.39, 0.29) is 5.82 Å². The molecule has 0 spiro atoms. The molecular weight excluding hydrogens is 263 g/mol. The van der Waals surface area contributed by atoms with Gasteiger partial charge >= 0.3 is 0 Å². The first kappa shape index (κ1) is 15.2. The Hall–Kier alpha value is -2.18. The van der Waals surface area contributed by atoms with Gasteiger partial charge in [0.25, 0.3) is 0 Å². The van der Waals surface area contributed by atoms with E-state index in [1.165, 1.54) is 11.6 Å². The van der Waals surface area contributed by atoms with Gasteiger partial charge in [0, 0.05) is 18.2 Å². The van der Waals surface area contributed by atoms with Gasteiger partial charge in [0.05, 0.1) is 11.6 Å². The molecule has 0 aliphatic carbocycles. The van der Waals surface area contributed by atoms with Crippen molar-refractivity contribution in [2.45, 2.75) is 32.4 Å². The van der Waals surface area contributed by atoms with Crippen LogP contribution in [0.4, 0.5) is 4.39 Å². The van der Waals surface area contributed by atoms with E-state index in [2.05, 4.69) is 24.4 Å². The minimum absolute atomic E-state index is 0.306. The third-order valence-electron chi connectivity index (χ3n) is 3.53. The number of nitrogens with one attached hydrogen (secondary N) is 1. The molecule has 0 bridgehead atoms. The summed E-state index contributed by atoms with van der Waals surface area (Å²) in [6.07, 6.45) is 2.01. The maximum absolute atomic E-state index is 13.7. The second kappa shape index (κ2) is 7.56. The molecule has 0 aliphatic rings. The molecule has 0 radical (unpaired) electrons. The molecule has 2 nitrogen and oxygen atoms in total. The highest BCUT2D eigenvalue weighted by Gasteiger charge is 2.06. The molecule has 0 aromatic heterocycles. The van der Waals surface area contributed by atoms with Crippen LogP contribution in [0, 0.1) is 17.1 Å². The number of hydrogen-bond donors (Lipinski definition) is 1. The summed E-state index contributed by atoms with van der Waals surface area (Å²) in [5.74, 6) is -0.322. The minimum Gasteiger partial charge on any atom is -0.310 e. The highest BCUT2D eigenvalue weighted by Crippen LogP contribution is 2.11. The molecule has 1 atom stereocenters. The average Bonchev–Trinajstić information content (AvgIpc) is 2.52. The Balaban J connectivity index is 1.81. The van der Waals surface area contributed by atoms with Gasteiger partial charge in [0.15, 0.2) is 0 Å². The van der Waals surface area contributed by atoms with Crippen LogP contribution in [0.3, 0.4) is 0 Å². The standard InChI is InChI=1S/C18H19FN2/c1-14(7-8-15-5-3-2-4-6-15)21-13-17-10-9-16(12-20)11-18(17)19/h2-6,9-11,14,21H,7-8,13H2,1H3. The summed E-state index contributed by atoms with van der Waals surface area (Å²) in [4.78, 5) is 0. The largest absolute Gasteiger partial charge is 0.310 e. The van der Waals surface area contributed by atoms with Gasteiger partial charge in [-0.2, -0.15) is 5.26 Å². The molecule has 0 saturated heterocycles. The van der Waals surface area contributed by atoms with Crippen LogP contribution in [0.2, 0.25) is 0 Å². The van der Waals surface area contributed by atoms with Crippen LogP contribution < -0.4 is 5.32 Å². The predicted octanol–water partition coefficient (Wildman–Crippen LogP) is 3.81. The van der Waals surface area contributed by atoms with Crippen LogP contribution in [0.5, 0.6) is 0 Å². The number of aryl methyl sites for hydroxylation is 1. The number of hydrogen-bond acceptors (Lipinski definition) is 2. The van der Waals surface area contributed by atoms with Crippen LogP contribution in [-0.2, 0) is 13.0 Å². The second-order valence-electron chi connectivity index (χ2n) is 5.22. The lowest BCUT2D eigenvalue weighted by Gasteiger charge is -2.14. The van der Waals surface area contributed by atoms with E-state index in [1.54, 1.807) is 12.1 Å². The zero-order valence-electron chi connectivity index (χ0n) is 12.1.